The van der Waals surface area contributed by atoms with E-state index in [1.807, 2.05) is 0 Å². The SMILES string of the molecule is c1ccc2c(c1)CN(CCCCCCNC1CC1)CCO2. The number of para-hydroxylation sites is 1. The molecule has 1 aliphatic heterocycles. The van der Waals surface area contributed by atoms with Crippen LogP contribution in [0.25, 0.3) is 0 Å². The molecule has 0 bridgehead atoms. The molecule has 3 nitrogen and oxygen atoms in total. The molecule has 1 saturated carbocycles. The monoisotopic (exact) mass is 288 g/mol. The Labute approximate surface area is 128 Å². The Morgan fingerprint density at radius 2 is 1.95 bits per heavy atom. The van der Waals surface area contributed by atoms with Crippen molar-refractivity contribution in [3.8, 4) is 5.75 Å². The first kappa shape index (κ1) is 14.9. The fraction of sp³-hybridized carbons (Fsp3) is 0.667. The minimum Gasteiger partial charge on any atom is -0.492 e. The van der Waals surface area contributed by atoms with Crippen molar-refractivity contribution in [3.63, 3.8) is 0 Å². The number of ether oxygens (including phenoxy) is 1. The average Bonchev–Trinajstić information content (AvgIpc) is 3.32. The van der Waals surface area contributed by atoms with Crippen molar-refractivity contribution in [3.05, 3.63) is 29.8 Å². The summed E-state index contributed by atoms with van der Waals surface area (Å²) in [7, 11) is 0. The van der Waals surface area contributed by atoms with Gasteiger partial charge in [-0.1, -0.05) is 31.0 Å². The predicted molar refractivity (Wildman–Crippen MR) is 86.7 cm³/mol. The highest BCUT2D eigenvalue weighted by molar-refractivity contribution is 5.33. The molecule has 0 unspecified atom stereocenters. The molecule has 0 aromatic heterocycles. The van der Waals surface area contributed by atoms with Gasteiger partial charge in [0, 0.05) is 24.7 Å². The molecule has 0 spiro atoms. The van der Waals surface area contributed by atoms with Crippen molar-refractivity contribution in [2.24, 2.45) is 0 Å². The first-order valence-corrected chi connectivity index (χ1v) is 8.58. The Balaban J connectivity index is 1.30. The summed E-state index contributed by atoms with van der Waals surface area (Å²) in [5, 5.41) is 3.59. The van der Waals surface area contributed by atoms with Gasteiger partial charge in [0.1, 0.15) is 12.4 Å². The number of rotatable bonds is 8. The fourth-order valence-electron chi connectivity index (χ4n) is 2.98. The third-order valence-corrected chi connectivity index (χ3v) is 4.44. The first-order valence-electron chi connectivity index (χ1n) is 8.58. The summed E-state index contributed by atoms with van der Waals surface area (Å²) < 4.78 is 5.82. The third-order valence-electron chi connectivity index (χ3n) is 4.44. The number of nitrogens with zero attached hydrogens (tertiary/aromatic N) is 1. The summed E-state index contributed by atoms with van der Waals surface area (Å²) in [6.07, 6.45) is 8.16. The molecule has 0 atom stereocenters. The van der Waals surface area contributed by atoms with Gasteiger partial charge in [-0.2, -0.15) is 0 Å². The molecule has 116 valence electrons. The van der Waals surface area contributed by atoms with Crippen molar-refractivity contribution in [2.75, 3.05) is 26.2 Å². The van der Waals surface area contributed by atoms with E-state index >= 15 is 0 Å². The molecule has 2 aliphatic rings. The highest BCUT2D eigenvalue weighted by Gasteiger charge is 2.19. The molecule has 1 aliphatic carbocycles. The summed E-state index contributed by atoms with van der Waals surface area (Å²) in [4.78, 5) is 2.54. The molecular weight excluding hydrogens is 260 g/mol. The zero-order chi connectivity index (χ0) is 14.3. The average molecular weight is 288 g/mol. The topological polar surface area (TPSA) is 24.5 Å². The molecule has 0 saturated heterocycles. The second kappa shape index (κ2) is 7.81. The van der Waals surface area contributed by atoms with Crippen molar-refractivity contribution in [1.82, 2.24) is 10.2 Å². The van der Waals surface area contributed by atoms with Crippen LogP contribution in [0.3, 0.4) is 0 Å². The normalized spacial score (nSPS) is 18.9. The Morgan fingerprint density at radius 3 is 2.86 bits per heavy atom. The van der Waals surface area contributed by atoms with Gasteiger partial charge >= 0.3 is 0 Å². The van der Waals surface area contributed by atoms with Gasteiger partial charge in [-0.05, 0) is 44.8 Å². The van der Waals surface area contributed by atoms with E-state index in [0.29, 0.717) is 0 Å². The van der Waals surface area contributed by atoms with Gasteiger partial charge in [0.15, 0.2) is 0 Å². The maximum Gasteiger partial charge on any atom is 0.123 e. The summed E-state index contributed by atoms with van der Waals surface area (Å²) >= 11 is 0. The second-order valence-corrected chi connectivity index (χ2v) is 6.37. The van der Waals surface area contributed by atoms with E-state index in [0.717, 1.165) is 31.5 Å². The van der Waals surface area contributed by atoms with E-state index < -0.39 is 0 Å². The van der Waals surface area contributed by atoms with Crippen LogP contribution in [0.1, 0.15) is 44.1 Å². The lowest BCUT2D eigenvalue weighted by Crippen LogP contribution is -2.26. The second-order valence-electron chi connectivity index (χ2n) is 6.37. The molecular formula is C18H28N2O. The van der Waals surface area contributed by atoms with E-state index in [4.69, 9.17) is 4.74 Å². The molecule has 0 amide bonds. The number of hydrogen-bond donors (Lipinski definition) is 1. The van der Waals surface area contributed by atoms with Crippen LogP contribution in [0.15, 0.2) is 24.3 Å². The number of unbranched alkanes of at least 4 members (excludes halogenated alkanes) is 3. The first-order chi connectivity index (χ1) is 10.4. The summed E-state index contributed by atoms with van der Waals surface area (Å²) in [5.41, 5.74) is 1.34. The lowest BCUT2D eigenvalue weighted by Gasteiger charge is -2.19. The lowest BCUT2D eigenvalue weighted by molar-refractivity contribution is 0.222. The number of nitrogens with one attached hydrogen (secondary N) is 1. The minimum atomic E-state index is 0.822. The van der Waals surface area contributed by atoms with Crippen molar-refractivity contribution in [1.29, 1.82) is 0 Å². The van der Waals surface area contributed by atoms with Crippen molar-refractivity contribution < 1.29 is 4.74 Å². The van der Waals surface area contributed by atoms with Gasteiger partial charge < -0.3 is 10.1 Å². The van der Waals surface area contributed by atoms with Gasteiger partial charge in [-0.25, -0.2) is 0 Å². The Hall–Kier alpha value is -1.06. The van der Waals surface area contributed by atoms with Gasteiger partial charge in [0.25, 0.3) is 0 Å². The largest absolute Gasteiger partial charge is 0.492 e. The molecule has 1 fully saturated rings. The minimum absolute atomic E-state index is 0.822. The van der Waals surface area contributed by atoms with E-state index in [2.05, 4.69) is 34.5 Å². The summed E-state index contributed by atoms with van der Waals surface area (Å²) in [6, 6.07) is 9.31. The van der Waals surface area contributed by atoms with Crippen LogP contribution in [0.4, 0.5) is 0 Å². The summed E-state index contributed by atoms with van der Waals surface area (Å²) in [5.74, 6) is 1.08. The van der Waals surface area contributed by atoms with Gasteiger partial charge in [-0.3, -0.25) is 4.90 Å². The van der Waals surface area contributed by atoms with Crippen LogP contribution in [-0.4, -0.2) is 37.2 Å². The third kappa shape index (κ3) is 5.01. The Bertz CT molecular complexity index is 431. The van der Waals surface area contributed by atoms with Crippen LogP contribution in [0.5, 0.6) is 5.75 Å². The highest BCUT2D eigenvalue weighted by Crippen LogP contribution is 2.22. The standard InChI is InChI=1S/C18H28N2O/c1(5-11-19-17-9-10-17)2-6-12-20-13-14-21-18-8-4-3-7-16(18)15-20/h3-4,7-8,17,19H,1-2,5-6,9-15H2. The lowest BCUT2D eigenvalue weighted by atomic mass is 10.1. The Morgan fingerprint density at radius 1 is 1.10 bits per heavy atom. The van der Waals surface area contributed by atoms with Crippen LogP contribution in [-0.2, 0) is 6.54 Å². The predicted octanol–water partition coefficient (Wildman–Crippen LogP) is 3.19. The molecule has 1 N–H and O–H groups in total. The van der Waals surface area contributed by atoms with Gasteiger partial charge in [0.2, 0.25) is 0 Å². The summed E-state index contributed by atoms with van der Waals surface area (Å²) in [6.45, 7) is 5.34. The fourth-order valence-corrected chi connectivity index (χ4v) is 2.98. The molecule has 3 heteroatoms. The van der Waals surface area contributed by atoms with Gasteiger partial charge in [0.05, 0.1) is 0 Å². The van der Waals surface area contributed by atoms with E-state index in [9.17, 15) is 0 Å². The molecule has 1 aromatic rings. The van der Waals surface area contributed by atoms with Crippen LogP contribution >= 0.6 is 0 Å². The maximum atomic E-state index is 5.82. The van der Waals surface area contributed by atoms with Gasteiger partial charge in [-0.15, -0.1) is 0 Å². The maximum absolute atomic E-state index is 5.82. The van der Waals surface area contributed by atoms with E-state index in [-0.39, 0.29) is 0 Å². The highest BCUT2D eigenvalue weighted by atomic mass is 16.5. The van der Waals surface area contributed by atoms with Crippen LogP contribution in [0, 0.1) is 0 Å². The smallest absolute Gasteiger partial charge is 0.123 e. The van der Waals surface area contributed by atoms with Crippen molar-refractivity contribution >= 4 is 0 Å². The van der Waals surface area contributed by atoms with Crippen LogP contribution in [0.2, 0.25) is 0 Å². The zero-order valence-electron chi connectivity index (χ0n) is 13.0. The van der Waals surface area contributed by atoms with E-state index in [1.165, 1.54) is 57.2 Å². The molecule has 1 aromatic carbocycles. The molecule has 3 rings (SSSR count). The molecule has 1 heterocycles. The number of benzene rings is 1. The van der Waals surface area contributed by atoms with Crippen molar-refractivity contribution in [2.45, 2.75) is 51.1 Å². The van der Waals surface area contributed by atoms with E-state index in [1.54, 1.807) is 0 Å². The Kier molecular flexibility index (Phi) is 5.53. The zero-order valence-corrected chi connectivity index (χ0v) is 13.0. The number of hydrogen-bond acceptors (Lipinski definition) is 3. The number of fused-ring (bicyclic) bond motifs is 1. The molecule has 0 radical (unpaired) electrons. The molecule has 21 heavy (non-hydrogen) atoms. The quantitative estimate of drug-likeness (QED) is 0.744. The van der Waals surface area contributed by atoms with Crippen LogP contribution < -0.4 is 10.1 Å².